The minimum Gasteiger partial charge on any atom is -0.359 e. The number of alkyl halides is 6. The van der Waals surface area contributed by atoms with Crippen molar-refractivity contribution in [3.8, 4) is 0 Å². The molecule has 0 aliphatic carbocycles. The molecule has 0 saturated carbocycles. The van der Waals surface area contributed by atoms with Gasteiger partial charge in [0.15, 0.2) is 0 Å². The van der Waals surface area contributed by atoms with Gasteiger partial charge >= 0.3 is 12.4 Å². The van der Waals surface area contributed by atoms with Crippen LogP contribution in [0, 0.1) is 0 Å². The Kier molecular flexibility index (Phi) is 6.48. The van der Waals surface area contributed by atoms with E-state index in [1.165, 1.54) is 16.7 Å². The highest BCUT2D eigenvalue weighted by Gasteiger charge is 2.33. The number of carbonyl (C=O) groups excluding carboxylic acids is 1. The maximum Gasteiger partial charge on any atom is 0.411 e. The molecule has 1 aliphatic heterocycles. The van der Waals surface area contributed by atoms with Crippen LogP contribution in [0.2, 0.25) is 0 Å². The van der Waals surface area contributed by atoms with Crippen LogP contribution in [0.1, 0.15) is 13.3 Å². The Bertz CT molecular complexity index is 372. The Morgan fingerprint density at radius 1 is 1.05 bits per heavy atom. The SMILES string of the molecule is CC(OCC(F)(F)F)C(=O)N1CCCN(CC(F)(F)F)CC1. The van der Waals surface area contributed by atoms with Crippen LogP contribution in [0.5, 0.6) is 0 Å². The largest absolute Gasteiger partial charge is 0.411 e. The lowest BCUT2D eigenvalue weighted by Gasteiger charge is -2.25. The molecule has 1 atom stereocenters. The lowest BCUT2D eigenvalue weighted by molar-refractivity contribution is -0.188. The minimum absolute atomic E-state index is 0.0250. The molecular weight excluding hydrogens is 318 g/mol. The number of halogens is 6. The number of ether oxygens (including phenoxy) is 1. The molecule has 10 heteroatoms. The molecule has 1 saturated heterocycles. The molecule has 1 amide bonds. The summed E-state index contributed by atoms with van der Waals surface area (Å²) in [7, 11) is 0. The van der Waals surface area contributed by atoms with Crippen LogP contribution in [0.15, 0.2) is 0 Å². The van der Waals surface area contributed by atoms with Crippen molar-refractivity contribution in [2.75, 3.05) is 39.3 Å². The van der Waals surface area contributed by atoms with E-state index in [0.717, 1.165) is 0 Å². The molecule has 0 aromatic rings. The monoisotopic (exact) mass is 336 g/mol. The van der Waals surface area contributed by atoms with Gasteiger partial charge in [0, 0.05) is 26.2 Å². The summed E-state index contributed by atoms with van der Waals surface area (Å²) in [6.45, 7) is -0.949. The van der Waals surface area contributed by atoms with Gasteiger partial charge in [0.2, 0.25) is 0 Å². The molecule has 0 aromatic heterocycles. The zero-order chi connectivity index (χ0) is 17.0. The number of hydrogen-bond donors (Lipinski definition) is 0. The molecule has 22 heavy (non-hydrogen) atoms. The molecule has 0 bridgehead atoms. The maximum absolute atomic E-state index is 12.3. The lowest BCUT2D eigenvalue weighted by atomic mass is 10.3. The summed E-state index contributed by atoms with van der Waals surface area (Å²) in [5.41, 5.74) is 0. The van der Waals surface area contributed by atoms with E-state index in [1.54, 1.807) is 0 Å². The number of nitrogens with zero attached hydrogens (tertiary/aromatic N) is 2. The quantitative estimate of drug-likeness (QED) is 0.737. The van der Waals surface area contributed by atoms with E-state index in [4.69, 9.17) is 0 Å². The van der Waals surface area contributed by atoms with Crippen molar-refractivity contribution in [1.82, 2.24) is 9.80 Å². The van der Waals surface area contributed by atoms with Crippen LogP contribution in [0.4, 0.5) is 26.3 Å². The van der Waals surface area contributed by atoms with Crippen molar-refractivity contribution < 1.29 is 35.9 Å². The van der Waals surface area contributed by atoms with E-state index in [-0.39, 0.29) is 26.2 Å². The van der Waals surface area contributed by atoms with Gasteiger partial charge in [-0.15, -0.1) is 0 Å². The second-order valence-corrected chi connectivity index (χ2v) is 5.14. The molecule has 0 aromatic carbocycles. The standard InChI is InChI=1S/C12H18F6N2O2/c1-9(22-8-12(16,17)18)10(21)20-4-2-3-19(5-6-20)7-11(13,14)15/h9H,2-8H2,1H3. The van der Waals surface area contributed by atoms with Crippen LogP contribution in [0.25, 0.3) is 0 Å². The first-order valence-electron chi connectivity index (χ1n) is 6.74. The van der Waals surface area contributed by atoms with Gasteiger partial charge in [0.05, 0.1) is 6.54 Å². The van der Waals surface area contributed by atoms with Gasteiger partial charge in [0.1, 0.15) is 12.7 Å². The summed E-state index contributed by atoms with van der Waals surface area (Å²) in [6, 6.07) is 0. The van der Waals surface area contributed by atoms with Gasteiger partial charge in [-0.05, 0) is 13.3 Å². The Hall–Kier alpha value is -1.03. The van der Waals surface area contributed by atoms with Crippen LogP contribution in [-0.2, 0) is 9.53 Å². The fraction of sp³-hybridized carbons (Fsp3) is 0.917. The van der Waals surface area contributed by atoms with Crippen LogP contribution in [-0.4, -0.2) is 73.5 Å². The topological polar surface area (TPSA) is 32.8 Å². The van der Waals surface area contributed by atoms with E-state index in [0.29, 0.717) is 6.42 Å². The number of hydrogen-bond acceptors (Lipinski definition) is 3. The molecule has 1 fully saturated rings. The van der Waals surface area contributed by atoms with Gasteiger partial charge in [-0.1, -0.05) is 0 Å². The van der Waals surface area contributed by atoms with Crippen molar-refractivity contribution in [1.29, 1.82) is 0 Å². The molecule has 1 unspecified atom stereocenters. The van der Waals surface area contributed by atoms with Crippen molar-refractivity contribution >= 4 is 5.91 Å². The predicted octanol–water partition coefficient (Wildman–Crippen LogP) is 2.05. The number of carbonyl (C=O) groups is 1. The third-order valence-corrected chi connectivity index (χ3v) is 3.15. The van der Waals surface area contributed by atoms with Gasteiger partial charge < -0.3 is 9.64 Å². The smallest absolute Gasteiger partial charge is 0.359 e. The molecule has 0 N–H and O–H groups in total. The van der Waals surface area contributed by atoms with E-state index < -0.39 is 37.5 Å². The third kappa shape index (κ3) is 7.30. The normalized spacial score (nSPS) is 19.9. The average Bonchev–Trinajstić information content (AvgIpc) is 2.57. The molecule has 0 spiro atoms. The number of amides is 1. The van der Waals surface area contributed by atoms with Gasteiger partial charge in [-0.25, -0.2) is 0 Å². The summed E-state index contributed by atoms with van der Waals surface area (Å²) in [5.74, 6) is -0.641. The Morgan fingerprint density at radius 3 is 2.23 bits per heavy atom. The van der Waals surface area contributed by atoms with Crippen LogP contribution >= 0.6 is 0 Å². The van der Waals surface area contributed by atoms with Crippen molar-refractivity contribution in [3.05, 3.63) is 0 Å². The molecule has 4 nitrogen and oxygen atoms in total. The summed E-state index contributed by atoms with van der Waals surface area (Å²) in [4.78, 5) is 14.4. The molecule has 0 radical (unpaired) electrons. The molecule has 1 aliphatic rings. The Labute approximate surface area is 124 Å². The summed E-state index contributed by atoms with van der Waals surface area (Å²) in [5, 5.41) is 0. The van der Waals surface area contributed by atoms with E-state index in [2.05, 4.69) is 4.74 Å². The van der Waals surface area contributed by atoms with E-state index in [1.807, 2.05) is 0 Å². The van der Waals surface area contributed by atoms with Gasteiger partial charge in [-0.3, -0.25) is 9.69 Å². The first kappa shape index (κ1) is 19.0. The molecular formula is C12H18F6N2O2. The minimum atomic E-state index is -4.53. The summed E-state index contributed by atoms with van der Waals surface area (Å²) < 4.78 is 77.5. The average molecular weight is 336 g/mol. The number of rotatable bonds is 4. The zero-order valence-electron chi connectivity index (χ0n) is 12.0. The lowest BCUT2D eigenvalue weighted by Crippen LogP contribution is -2.43. The summed E-state index contributed by atoms with van der Waals surface area (Å²) >= 11 is 0. The highest BCUT2D eigenvalue weighted by atomic mass is 19.4. The molecule has 130 valence electrons. The van der Waals surface area contributed by atoms with Gasteiger partial charge in [-0.2, -0.15) is 26.3 Å². The van der Waals surface area contributed by atoms with Crippen LogP contribution < -0.4 is 0 Å². The van der Waals surface area contributed by atoms with Crippen molar-refractivity contribution in [2.24, 2.45) is 0 Å². The fourth-order valence-corrected chi connectivity index (χ4v) is 2.15. The first-order chi connectivity index (χ1) is 9.98. The van der Waals surface area contributed by atoms with Gasteiger partial charge in [0.25, 0.3) is 5.91 Å². The molecule has 1 heterocycles. The second-order valence-electron chi connectivity index (χ2n) is 5.14. The summed E-state index contributed by atoms with van der Waals surface area (Å²) in [6.07, 6.45) is -9.80. The molecule has 1 rings (SSSR count). The fourth-order valence-electron chi connectivity index (χ4n) is 2.15. The van der Waals surface area contributed by atoms with E-state index in [9.17, 15) is 31.1 Å². The highest BCUT2D eigenvalue weighted by Crippen LogP contribution is 2.19. The van der Waals surface area contributed by atoms with Crippen LogP contribution in [0.3, 0.4) is 0 Å². The zero-order valence-corrected chi connectivity index (χ0v) is 12.0. The highest BCUT2D eigenvalue weighted by molar-refractivity contribution is 5.80. The van der Waals surface area contributed by atoms with E-state index >= 15 is 0 Å². The predicted molar refractivity (Wildman–Crippen MR) is 65.2 cm³/mol. The third-order valence-electron chi connectivity index (χ3n) is 3.15. The second kappa shape index (κ2) is 7.49. The Balaban J connectivity index is 2.47. The Morgan fingerprint density at radius 2 is 1.68 bits per heavy atom. The maximum atomic E-state index is 12.3. The first-order valence-corrected chi connectivity index (χ1v) is 6.74. The van der Waals surface area contributed by atoms with Crippen molar-refractivity contribution in [3.63, 3.8) is 0 Å². The van der Waals surface area contributed by atoms with Crippen molar-refractivity contribution in [2.45, 2.75) is 31.8 Å².